The van der Waals surface area contributed by atoms with Crippen LogP contribution in [0.4, 0.5) is 11.6 Å². The van der Waals surface area contributed by atoms with Gasteiger partial charge in [-0.25, -0.2) is 0 Å². The van der Waals surface area contributed by atoms with Crippen LogP contribution in [0.15, 0.2) is 56.6 Å². The Kier molecular flexibility index (Phi) is 6.01. The Bertz CT molecular complexity index is 991. The first-order valence-corrected chi connectivity index (χ1v) is 9.94. The number of rotatable bonds is 5. The highest BCUT2D eigenvalue weighted by atomic mass is 79.9. The van der Waals surface area contributed by atoms with E-state index in [2.05, 4.69) is 31.4 Å². The van der Waals surface area contributed by atoms with Crippen LogP contribution in [0.1, 0.15) is 11.3 Å². The fourth-order valence-corrected chi connectivity index (χ4v) is 3.50. The molecule has 1 N–H and O–H groups in total. The first kappa shape index (κ1) is 18.9. The van der Waals surface area contributed by atoms with Gasteiger partial charge in [0.1, 0.15) is 5.69 Å². The van der Waals surface area contributed by atoms with Crippen molar-refractivity contribution >= 4 is 50.9 Å². The molecule has 0 fully saturated rings. The summed E-state index contributed by atoms with van der Waals surface area (Å²) in [5, 5.41) is 12.1. The van der Waals surface area contributed by atoms with Crippen molar-refractivity contribution in [3.63, 3.8) is 0 Å². The fourth-order valence-electron chi connectivity index (χ4n) is 2.25. The largest absolute Gasteiger partial charge is 0.324 e. The fraction of sp³-hybridized carbons (Fsp3) is 0.167. The second-order valence-electron chi connectivity index (χ2n) is 5.61. The summed E-state index contributed by atoms with van der Waals surface area (Å²) in [7, 11) is 1.67. The van der Waals surface area contributed by atoms with Crippen molar-refractivity contribution in [2.45, 2.75) is 17.6 Å². The molecule has 134 valence electrons. The molecule has 0 aliphatic heterocycles. The van der Waals surface area contributed by atoms with Gasteiger partial charge in [0.2, 0.25) is 5.95 Å². The maximum absolute atomic E-state index is 12.6. The van der Waals surface area contributed by atoms with Gasteiger partial charge in [-0.3, -0.25) is 9.36 Å². The molecular formula is C18H16BrClN4OS. The molecule has 0 saturated carbocycles. The molecule has 3 rings (SSSR count). The van der Waals surface area contributed by atoms with Crippen molar-refractivity contribution in [3.8, 4) is 0 Å². The van der Waals surface area contributed by atoms with E-state index in [4.69, 9.17) is 11.6 Å². The average Bonchev–Trinajstić information content (AvgIpc) is 2.63. The lowest BCUT2D eigenvalue weighted by Crippen LogP contribution is -2.26. The van der Waals surface area contributed by atoms with Crippen LogP contribution in [0.25, 0.3) is 0 Å². The van der Waals surface area contributed by atoms with E-state index >= 15 is 0 Å². The molecule has 26 heavy (non-hydrogen) atoms. The minimum absolute atomic E-state index is 0.174. The Morgan fingerprint density at radius 2 is 1.92 bits per heavy atom. The molecule has 2 aromatic carbocycles. The summed E-state index contributed by atoms with van der Waals surface area (Å²) in [5.41, 5.74) is 1.91. The van der Waals surface area contributed by atoms with Crippen molar-refractivity contribution in [1.82, 2.24) is 14.8 Å². The quantitative estimate of drug-likeness (QED) is 0.557. The molecule has 1 heterocycles. The number of aromatic nitrogens is 3. The molecule has 5 nitrogen and oxygen atoms in total. The van der Waals surface area contributed by atoms with Gasteiger partial charge in [0.25, 0.3) is 5.56 Å². The Balaban J connectivity index is 1.79. The molecule has 0 atom stereocenters. The number of hydrogen-bond acceptors (Lipinski definition) is 5. The Morgan fingerprint density at radius 1 is 1.19 bits per heavy atom. The Morgan fingerprint density at radius 3 is 2.65 bits per heavy atom. The Hall–Kier alpha value is -1.83. The van der Waals surface area contributed by atoms with Crippen molar-refractivity contribution < 1.29 is 0 Å². The number of halogens is 2. The van der Waals surface area contributed by atoms with E-state index in [1.807, 2.05) is 49.4 Å². The van der Waals surface area contributed by atoms with E-state index in [0.717, 1.165) is 20.6 Å². The molecule has 0 aliphatic carbocycles. The van der Waals surface area contributed by atoms with Crippen molar-refractivity contribution in [1.29, 1.82) is 0 Å². The third kappa shape index (κ3) is 4.28. The van der Waals surface area contributed by atoms with Gasteiger partial charge in [-0.05, 0) is 48.9 Å². The zero-order valence-corrected chi connectivity index (χ0v) is 17.3. The van der Waals surface area contributed by atoms with Gasteiger partial charge in [0, 0.05) is 32.9 Å². The maximum atomic E-state index is 12.6. The number of thioether (sulfide) groups is 1. The monoisotopic (exact) mass is 450 g/mol. The van der Waals surface area contributed by atoms with Crippen molar-refractivity contribution in [2.75, 3.05) is 5.32 Å². The second-order valence-corrected chi connectivity index (χ2v) is 7.99. The second kappa shape index (κ2) is 8.24. The molecule has 1 aromatic heterocycles. The number of benzene rings is 2. The number of hydrogen-bond donors (Lipinski definition) is 1. The first-order chi connectivity index (χ1) is 12.5. The van der Waals surface area contributed by atoms with Gasteiger partial charge < -0.3 is 5.32 Å². The minimum atomic E-state index is -0.174. The van der Waals surface area contributed by atoms with E-state index in [-0.39, 0.29) is 5.56 Å². The van der Waals surface area contributed by atoms with Crippen LogP contribution in [-0.2, 0) is 12.8 Å². The van der Waals surface area contributed by atoms with Crippen LogP contribution in [0.2, 0.25) is 5.02 Å². The summed E-state index contributed by atoms with van der Waals surface area (Å²) in [6.45, 7) is 1.90. The van der Waals surface area contributed by atoms with Crippen LogP contribution in [0.5, 0.6) is 0 Å². The third-order valence-corrected chi connectivity index (χ3v) is 5.80. The summed E-state index contributed by atoms with van der Waals surface area (Å²) in [6, 6.07) is 13.4. The Labute approximate surface area is 168 Å². The summed E-state index contributed by atoms with van der Waals surface area (Å²) in [4.78, 5) is 13.6. The molecule has 0 radical (unpaired) electrons. The number of nitrogens with one attached hydrogen (secondary N) is 1. The number of anilines is 2. The molecule has 0 saturated heterocycles. The predicted octanol–water partition coefficient (Wildman–Crippen LogP) is 4.94. The molecule has 0 spiro atoms. The van der Waals surface area contributed by atoms with Crippen molar-refractivity contribution in [3.05, 3.63) is 73.6 Å². The van der Waals surface area contributed by atoms with Crippen LogP contribution in [0.3, 0.4) is 0 Å². The van der Waals surface area contributed by atoms with E-state index in [9.17, 15) is 4.79 Å². The zero-order chi connectivity index (χ0) is 18.7. The highest BCUT2D eigenvalue weighted by molar-refractivity contribution is 9.10. The van der Waals surface area contributed by atoms with Crippen molar-refractivity contribution in [2.24, 2.45) is 7.05 Å². The van der Waals surface area contributed by atoms with Crippen LogP contribution in [-0.4, -0.2) is 14.8 Å². The summed E-state index contributed by atoms with van der Waals surface area (Å²) in [5.74, 6) is 0.829. The zero-order valence-electron chi connectivity index (χ0n) is 14.2. The maximum Gasteiger partial charge on any atom is 0.277 e. The van der Waals surface area contributed by atoms with Gasteiger partial charge in [-0.15, -0.1) is 22.0 Å². The van der Waals surface area contributed by atoms with Gasteiger partial charge in [-0.1, -0.05) is 33.6 Å². The molecule has 3 aromatic rings. The molecule has 0 amide bonds. The molecule has 0 unspecified atom stereocenters. The van der Waals surface area contributed by atoms with Crippen LogP contribution < -0.4 is 10.9 Å². The van der Waals surface area contributed by atoms with E-state index in [1.165, 1.54) is 4.57 Å². The highest BCUT2D eigenvalue weighted by Gasteiger charge is 2.11. The summed E-state index contributed by atoms with van der Waals surface area (Å²) < 4.78 is 2.48. The third-order valence-electron chi connectivity index (χ3n) is 3.84. The SMILES string of the molecule is Cc1c(Cl)cccc1Nc1nnc(CSc2ccc(Br)cc2)c(=O)n1C. The van der Waals surface area contributed by atoms with E-state index in [0.29, 0.717) is 22.4 Å². The van der Waals surface area contributed by atoms with E-state index in [1.54, 1.807) is 18.8 Å². The summed E-state index contributed by atoms with van der Waals surface area (Å²) >= 11 is 11.1. The predicted molar refractivity (Wildman–Crippen MR) is 110 cm³/mol. The standard InChI is InChI=1S/C18H16BrClN4OS/c1-11-14(20)4-3-5-15(11)21-18-23-22-16(17(25)24(18)2)10-26-13-8-6-12(19)7-9-13/h3-9H,10H2,1-2H3,(H,21,23). The molecule has 8 heteroatoms. The lowest BCUT2D eigenvalue weighted by Gasteiger charge is -2.12. The lowest BCUT2D eigenvalue weighted by atomic mass is 10.2. The van der Waals surface area contributed by atoms with Gasteiger partial charge >= 0.3 is 0 Å². The highest BCUT2D eigenvalue weighted by Crippen LogP contribution is 2.25. The molecule has 0 bridgehead atoms. The molecule has 0 aliphatic rings. The first-order valence-electron chi connectivity index (χ1n) is 7.79. The smallest absolute Gasteiger partial charge is 0.277 e. The number of nitrogens with zero attached hydrogens (tertiary/aromatic N) is 3. The van der Waals surface area contributed by atoms with Crippen LogP contribution >= 0.6 is 39.3 Å². The van der Waals surface area contributed by atoms with Gasteiger partial charge in [0.15, 0.2) is 0 Å². The van der Waals surface area contributed by atoms with Gasteiger partial charge in [-0.2, -0.15) is 0 Å². The normalized spacial score (nSPS) is 10.8. The topological polar surface area (TPSA) is 59.8 Å². The average molecular weight is 452 g/mol. The molecular weight excluding hydrogens is 436 g/mol. The van der Waals surface area contributed by atoms with E-state index < -0.39 is 0 Å². The van der Waals surface area contributed by atoms with Gasteiger partial charge in [0.05, 0.1) is 0 Å². The summed E-state index contributed by atoms with van der Waals surface area (Å²) in [6.07, 6.45) is 0. The minimum Gasteiger partial charge on any atom is -0.324 e. The lowest BCUT2D eigenvalue weighted by molar-refractivity contribution is 0.764. The van der Waals surface area contributed by atoms with Crippen LogP contribution in [0, 0.1) is 6.92 Å².